The monoisotopic (exact) mass is 501 g/mol. The zero-order chi connectivity index (χ0) is 25.8. The highest BCUT2D eigenvalue weighted by atomic mass is 35.5. The van der Waals surface area contributed by atoms with Crippen molar-refractivity contribution in [1.82, 2.24) is 20.9 Å². The number of nitriles is 1. The maximum absolute atomic E-state index is 13.2. The molecule has 0 spiro atoms. The number of aromatic amines is 1. The first kappa shape index (κ1) is 26.4. The van der Waals surface area contributed by atoms with E-state index in [0.717, 1.165) is 6.42 Å². The largest absolute Gasteiger partial charge is 0.496 e. The summed E-state index contributed by atoms with van der Waals surface area (Å²) in [5, 5.41) is 19.1. The van der Waals surface area contributed by atoms with Crippen molar-refractivity contribution in [2.75, 3.05) is 13.7 Å². The van der Waals surface area contributed by atoms with Crippen molar-refractivity contribution in [3.63, 3.8) is 0 Å². The van der Waals surface area contributed by atoms with Crippen LogP contribution in [0.1, 0.15) is 56.9 Å². The molecule has 0 radical (unpaired) electrons. The van der Waals surface area contributed by atoms with E-state index in [1.165, 1.54) is 7.11 Å². The molecule has 0 bridgehead atoms. The predicted molar refractivity (Wildman–Crippen MR) is 133 cm³/mol. The Balaban J connectivity index is 1.76. The zero-order valence-corrected chi connectivity index (χ0v) is 21.2. The van der Waals surface area contributed by atoms with Crippen molar-refractivity contribution in [3.05, 3.63) is 28.9 Å². The number of nitrogens with zero attached hydrogens (tertiary/aromatic N) is 1. The molecule has 10 heteroatoms. The molecular formula is C25H32ClN5O4. The van der Waals surface area contributed by atoms with Gasteiger partial charge in [0, 0.05) is 22.9 Å². The van der Waals surface area contributed by atoms with Crippen LogP contribution >= 0.6 is 11.6 Å². The van der Waals surface area contributed by atoms with Crippen LogP contribution in [-0.2, 0) is 9.59 Å². The summed E-state index contributed by atoms with van der Waals surface area (Å²) in [6, 6.07) is 5.36. The van der Waals surface area contributed by atoms with Crippen LogP contribution in [0.4, 0.5) is 0 Å². The van der Waals surface area contributed by atoms with Gasteiger partial charge in [-0.05, 0) is 49.3 Å². The lowest BCUT2D eigenvalue weighted by atomic mass is 9.87. The Hall–Kier alpha value is -3.25. The minimum Gasteiger partial charge on any atom is -0.496 e. The Morgan fingerprint density at radius 3 is 2.66 bits per heavy atom. The summed E-state index contributed by atoms with van der Waals surface area (Å²) in [5.74, 6) is -0.829. The Labute approximate surface area is 209 Å². The molecule has 0 saturated carbocycles. The van der Waals surface area contributed by atoms with E-state index < -0.39 is 23.9 Å². The normalized spacial score (nSPS) is 17.7. The fourth-order valence-corrected chi connectivity index (χ4v) is 4.49. The van der Waals surface area contributed by atoms with Gasteiger partial charge in [-0.15, -0.1) is 0 Å². The zero-order valence-electron chi connectivity index (χ0n) is 20.5. The number of halogens is 1. The highest BCUT2D eigenvalue weighted by Gasteiger charge is 2.31. The predicted octanol–water partition coefficient (Wildman–Crippen LogP) is 3.29. The minimum absolute atomic E-state index is 0.0976. The Morgan fingerprint density at radius 2 is 2.03 bits per heavy atom. The highest BCUT2D eigenvalue weighted by Crippen LogP contribution is 2.30. The average molecular weight is 502 g/mol. The second-order valence-electron chi connectivity index (χ2n) is 10.1. The Morgan fingerprint density at radius 1 is 1.29 bits per heavy atom. The van der Waals surface area contributed by atoms with Crippen LogP contribution in [0.15, 0.2) is 18.2 Å². The molecule has 1 aliphatic heterocycles. The molecule has 1 saturated heterocycles. The van der Waals surface area contributed by atoms with Gasteiger partial charge in [-0.1, -0.05) is 32.4 Å². The van der Waals surface area contributed by atoms with Crippen LogP contribution in [0, 0.1) is 22.7 Å². The number of H-pyrrole nitrogens is 1. The molecule has 2 heterocycles. The van der Waals surface area contributed by atoms with E-state index in [1.54, 1.807) is 18.2 Å². The number of carbonyl (C=O) groups is 3. The number of benzene rings is 1. The van der Waals surface area contributed by atoms with E-state index in [-0.39, 0.29) is 29.4 Å². The topological polar surface area (TPSA) is 136 Å². The van der Waals surface area contributed by atoms with Crippen molar-refractivity contribution in [1.29, 1.82) is 5.26 Å². The summed E-state index contributed by atoms with van der Waals surface area (Å²) >= 11 is 6.13. The number of fused-ring (bicyclic) bond motifs is 1. The number of rotatable bonds is 8. The fraction of sp³-hybridized carbons (Fsp3) is 0.520. The first-order valence-electron chi connectivity index (χ1n) is 11.7. The first-order chi connectivity index (χ1) is 16.5. The molecule has 3 unspecified atom stereocenters. The average Bonchev–Trinajstić information content (AvgIpc) is 3.22. The third-order valence-electron chi connectivity index (χ3n) is 5.96. The molecule has 1 fully saturated rings. The number of ether oxygens (including phenoxy) is 1. The van der Waals surface area contributed by atoms with Crippen molar-refractivity contribution < 1.29 is 19.1 Å². The molecule has 3 amide bonds. The van der Waals surface area contributed by atoms with Gasteiger partial charge in [0.1, 0.15) is 23.5 Å². The minimum atomic E-state index is -0.879. The van der Waals surface area contributed by atoms with E-state index in [1.807, 2.05) is 20.8 Å². The van der Waals surface area contributed by atoms with Crippen LogP contribution in [0.25, 0.3) is 10.9 Å². The molecular weight excluding hydrogens is 470 g/mol. The van der Waals surface area contributed by atoms with Crippen LogP contribution < -0.4 is 20.7 Å². The highest BCUT2D eigenvalue weighted by molar-refractivity contribution is 6.31. The van der Waals surface area contributed by atoms with Crippen molar-refractivity contribution in [2.45, 2.75) is 58.5 Å². The van der Waals surface area contributed by atoms with Gasteiger partial charge in [-0.2, -0.15) is 5.26 Å². The molecule has 9 nitrogen and oxygen atoms in total. The third-order valence-corrected chi connectivity index (χ3v) is 6.18. The number of piperidine rings is 1. The molecule has 3 rings (SSSR count). The molecule has 35 heavy (non-hydrogen) atoms. The molecule has 4 N–H and O–H groups in total. The van der Waals surface area contributed by atoms with E-state index in [4.69, 9.17) is 16.3 Å². The molecule has 1 aromatic carbocycles. The van der Waals surface area contributed by atoms with Gasteiger partial charge in [0.2, 0.25) is 11.8 Å². The van der Waals surface area contributed by atoms with Crippen LogP contribution in [-0.4, -0.2) is 48.4 Å². The summed E-state index contributed by atoms with van der Waals surface area (Å²) in [5.41, 5.74) is 0.604. The number of hydrogen-bond acceptors (Lipinski definition) is 5. The molecule has 0 aliphatic carbocycles. The lowest BCUT2D eigenvalue weighted by Crippen LogP contribution is -2.51. The lowest BCUT2D eigenvalue weighted by molar-refractivity contribution is -0.128. The lowest BCUT2D eigenvalue weighted by Gasteiger charge is -2.28. The van der Waals surface area contributed by atoms with Crippen molar-refractivity contribution in [2.24, 2.45) is 11.3 Å². The van der Waals surface area contributed by atoms with Crippen LogP contribution in [0.5, 0.6) is 5.75 Å². The summed E-state index contributed by atoms with van der Waals surface area (Å²) < 4.78 is 5.35. The number of nitrogens with one attached hydrogen (secondary N) is 4. The molecule has 1 aromatic heterocycles. The number of carbonyl (C=O) groups excluding carboxylic acids is 3. The number of aromatic nitrogens is 1. The van der Waals surface area contributed by atoms with E-state index in [2.05, 4.69) is 27.0 Å². The van der Waals surface area contributed by atoms with Gasteiger partial charge in [0.15, 0.2) is 0 Å². The maximum Gasteiger partial charge on any atom is 0.268 e. The number of hydrogen-bond donors (Lipinski definition) is 4. The first-order valence-corrected chi connectivity index (χ1v) is 12.0. The van der Waals surface area contributed by atoms with Gasteiger partial charge in [-0.25, -0.2) is 0 Å². The smallest absolute Gasteiger partial charge is 0.268 e. The van der Waals surface area contributed by atoms with Crippen molar-refractivity contribution >= 4 is 40.2 Å². The van der Waals surface area contributed by atoms with Gasteiger partial charge in [0.25, 0.3) is 5.91 Å². The van der Waals surface area contributed by atoms with Gasteiger partial charge >= 0.3 is 0 Å². The van der Waals surface area contributed by atoms with Gasteiger partial charge < -0.3 is 25.7 Å². The standard InChI is InChI=1S/C25H32ClN5O4/c1-25(2,3)12-20(24(34)29-16(13-27)8-14-6-5-7-28-22(14)32)31-23(33)19-11-17-18(30-19)9-15(26)10-21(17)35-4/h9-11,14,16,20,30H,5-8,12H2,1-4H3,(H,28,32)(H,29,34)(H,31,33). The second-order valence-corrected chi connectivity index (χ2v) is 10.5. The molecule has 3 atom stereocenters. The van der Waals surface area contributed by atoms with E-state index in [0.29, 0.717) is 41.1 Å². The maximum atomic E-state index is 13.2. The fourth-order valence-electron chi connectivity index (χ4n) is 4.28. The van der Waals surface area contributed by atoms with Gasteiger partial charge in [0.05, 0.1) is 18.7 Å². The third kappa shape index (κ3) is 6.89. The molecule has 188 valence electrons. The number of amides is 3. The summed E-state index contributed by atoms with van der Waals surface area (Å²) in [4.78, 5) is 41.4. The van der Waals surface area contributed by atoms with Gasteiger partial charge in [-0.3, -0.25) is 14.4 Å². The van der Waals surface area contributed by atoms with Crippen LogP contribution in [0.2, 0.25) is 5.02 Å². The van der Waals surface area contributed by atoms with Crippen LogP contribution in [0.3, 0.4) is 0 Å². The van der Waals surface area contributed by atoms with E-state index in [9.17, 15) is 19.6 Å². The second kappa shape index (κ2) is 11.0. The quantitative estimate of drug-likeness (QED) is 0.440. The Kier molecular flexibility index (Phi) is 8.28. The Bertz CT molecular complexity index is 1150. The van der Waals surface area contributed by atoms with E-state index >= 15 is 0 Å². The number of methoxy groups -OCH3 is 1. The molecule has 1 aliphatic rings. The summed E-state index contributed by atoms with van der Waals surface area (Å²) in [6.45, 7) is 6.51. The molecule has 2 aromatic rings. The SMILES string of the molecule is COc1cc(Cl)cc2[nH]c(C(=O)NC(CC(C)(C)C)C(=O)NC(C#N)CC3CCCNC3=O)cc12. The summed E-state index contributed by atoms with van der Waals surface area (Å²) in [7, 11) is 1.52. The summed E-state index contributed by atoms with van der Waals surface area (Å²) in [6.07, 6.45) is 2.09. The van der Waals surface area contributed by atoms with Crippen molar-refractivity contribution in [3.8, 4) is 11.8 Å².